The Morgan fingerprint density at radius 2 is 1.95 bits per heavy atom. The molecule has 1 unspecified atom stereocenters. The zero-order valence-corrected chi connectivity index (χ0v) is 13.6. The van der Waals surface area contributed by atoms with E-state index in [9.17, 15) is 15.0 Å². The van der Waals surface area contributed by atoms with Gasteiger partial charge in [0, 0.05) is 18.2 Å². The molecule has 0 heterocycles. The molecule has 1 amide bonds. The molecule has 4 N–H and O–H groups in total. The first-order valence-electron chi connectivity index (χ1n) is 7.41. The summed E-state index contributed by atoms with van der Waals surface area (Å²) in [6.45, 7) is 8.51. The number of rotatable bonds is 6. The third kappa shape index (κ3) is 6.67. The number of nitrogens with one attached hydrogen (secondary N) is 2. The second-order valence-electron chi connectivity index (χ2n) is 6.20. The van der Waals surface area contributed by atoms with E-state index < -0.39 is 11.7 Å². The zero-order valence-electron chi connectivity index (χ0n) is 13.6. The van der Waals surface area contributed by atoms with Crippen LogP contribution in [0.5, 0.6) is 11.5 Å². The summed E-state index contributed by atoms with van der Waals surface area (Å²) in [7, 11) is 0. The van der Waals surface area contributed by atoms with Gasteiger partial charge in [-0.25, -0.2) is 4.79 Å². The molecular formula is C16H26N2O4. The van der Waals surface area contributed by atoms with Crippen molar-refractivity contribution in [1.29, 1.82) is 0 Å². The van der Waals surface area contributed by atoms with Gasteiger partial charge >= 0.3 is 6.09 Å². The van der Waals surface area contributed by atoms with E-state index in [0.29, 0.717) is 18.7 Å². The number of hydrogen-bond donors (Lipinski definition) is 4. The van der Waals surface area contributed by atoms with Gasteiger partial charge in [-0.3, -0.25) is 0 Å². The van der Waals surface area contributed by atoms with Crippen molar-refractivity contribution in [3.05, 3.63) is 23.8 Å². The van der Waals surface area contributed by atoms with Crippen LogP contribution in [0.2, 0.25) is 0 Å². The molecule has 0 aliphatic carbocycles. The molecule has 1 aromatic carbocycles. The van der Waals surface area contributed by atoms with Gasteiger partial charge in [0.2, 0.25) is 0 Å². The van der Waals surface area contributed by atoms with Gasteiger partial charge in [0.05, 0.1) is 0 Å². The number of amides is 1. The first kappa shape index (κ1) is 18.1. The molecule has 0 saturated carbocycles. The van der Waals surface area contributed by atoms with E-state index in [2.05, 4.69) is 10.6 Å². The Labute approximate surface area is 131 Å². The van der Waals surface area contributed by atoms with Gasteiger partial charge in [-0.15, -0.1) is 0 Å². The predicted molar refractivity (Wildman–Crippen MR) is 85.0 cm³/mol. The average Bonchev–Trinajstić information content (AvgIpc) is 2.38. The molecule has 0 spiro atoms. The summed E-state index contributed by atoms with van der Waals surface area (Å²) in [5.41, 5.74) is 0.143. The first-order valence-corrected chi connectivity index (χ1v) is 7.41. The summed E-state index contributed by atoms with van der Waals surface area (Å²) in [6.07, 6.45) is 0.301. The van der Waals surface area contributed by atoms with Gasteiger partial charge in [0.15, 0.2) is 0 Å². The molecule has 0 fully saturated rings. The van der Waals surface area contributed by atoms with Crippen molar-refractivity contribution in [2.24, 2.45) is 0 Å². The van der Waals surface area contributed by atoms with Crippen LogP contribution in [0.4, 0.5) is 4.79 Å². The third-order valence-electron chi connectivity index (χ3n) is 2.95. The fraction of sp³-hybridized carbons (Fsp3) is 0.562. The quantitative estimate of drug-likeness (QED) is 0.479. The van der Waals surface area contributed by atoms with Gasteiger partial charge in [0.1, 0.15) is 17.1 Å². The lowest BCUT2D eigenvalue weighted by Crippen LogP contribution is -2.34. The number of ether oxygens (including phenoxy) is 1. The minimum absolute atomic E-state index is 0.103. The molecule has 6 heteroatoms. The van der Waals surface area contributed by atoms with E-state index >= 15 is 0 Å². The highest BCUT2D eigenvalue weighted by Crippen LogP contribution is 2.27. The van der Waals surface area contributed by atoms with Crippen molar-refractivity contribution >= 4 is 6.09 Å². The maximum Gasteiger partial charge on any atom is 0.407 e. The van der Waals surface area contributed by atoms with Crippen LogP contribution in [0.15, 0.2) is 18.2 Å². The number of phenolic OH excluding ortho intramolecular Hbond substituents is 2. The van der Waals surface area contributed by atoms with Crippen LogP contribution < -0.4 is 10.6 Å². The fourth-order valence-electron chi connectivity index (χ4n) is 1.91. The summed E-state index contributed by atoms with van der Waals surface area (Å²) < 4.78 is 5.13. The summed E-state index contributed by atoms with van der Waals surface area (Å²) >= 11 is 0. The van der Waals surface area contributed by atoms with E-state index in [-0.39, 0.29) is 17.5 Å². The van der Waals surface area contributed by atoms with Crippen LogP contribution in [0, 0.1) is 0 Å². The molecule has 0 aromatic heterocycles. The largest absolute Gasteiger partial charge is 0.508 e. The molecule has 0 aliphatic heterocycles. The minimum Gasteiger partial charge on any atom is -0.508 e. The Hall–Kier alpha value is -1.95. The standard InChI is InChI=1S/C16H26N2O4/c1-11(13-10-12(19)6-7-14(13)20)17-8-5-9-18-15(21)22-16(2,3)4/h6-7,10-11,17,19-20H,5,8-9H2,1-4H3,(H,18,21). The number of aromatic hydroxyl groups is 2. The summed E-state index contributed by atoms with van der Waals surface area (Å²) in [5, 5.41) is 25.1. The smallest absolute Gasteiger partial charge is 0.407 e. The van der Waals surface area contributed by atoms with Crippen molar-refractivity contribution in [3.8, 4) is 11.5 Å². The molecule has 22 heavy (non-hydrogen) atoms. The van der Waals surface area contributed by atoms with Crippen LogP contribution >= 0.6 is 0 Å². The summed E-state index contributed by atoms with van der Waals surface area (Å²) in [5.74, 6) is 0.262. The van der Waals surface area contributed by atoms with Gasteiger partial charge < -0.3 is 25.6 Å². The molecule has 0 radical (unpaired) electrons. The third-order valence-corrected chi connectivity index (χ3v) is 2.95. The van der Waals surface area contributed by atoms with Crippen LogP contribution in [0.25, 0.3) is 0 Å². The molecule has 1 rings (SSSR count). The molecule has 1 atom stereocenters. The molecule has 6 nitrogen and oxygen atoms in total. The highest BCUT2D eigenvalue weighted by Gasteiger charge is 2.15. The molecular weight excluding hydrogens is 284 g/mol. The van der Waals surface area contributed by atoms with Crippen molar-refractivity contribution in [2.75, 3.05) is 13.1 Å². The van der Waals surface area contributed by atoms with E-state index in [0.717, 1.165) is 6.42 Å². The summed E-state index contributed by atoms with van der Waals surface area (Å²) in [4.78, 5) is 11.4. The number of hydrogen-bond acceptors (Lipinski definition) is 5. The van der Waals surface area contributed by atoms with Gasteiger partial charge in [-0.05, 0) is 58.9 Å². The van der Waals surface area contributed by atoms with Crippen LogP contribution in [0.3, 0.4) is 0 Å². The topological polar surface area (TPSA) is 90.8 Å². The SMILES string of the molecule is CC(NCCCNC(=O)OC(C)(C)C)c1cc(O)ccc1O. The Bertz CT molecular complexity index is 497. The van der Waals surface area contributed by atoms with E-state index in [1.165, 1.54) is 18.2 Å². The minimum atomic E-state index is -0.496. The first-order chi connectivity index (χ1) is 10.2. The molecule has 0 saturated heterocycles. The van der Waals surface area contributed by atoms with Crippen molar-refractivity contribution in [1.82, 2.24) is 10.6 Å². The van der Waals surface area contributed by atoms with Gasteiger partial charge in [-0.1, -0.05) is 0 Å². The number of carbonyl (C=O) groups is 1. The summed E-state index contributed by atoms with van der Waals surface area (Å²) in [6, 6.07) is 4.34. The van der Waals surface area contributed by atoms with E-state index in [4.69, 9.17) is 4.74 Å². The Balaban J connectivity index is 2.27. The zero-order chi connectivity index (χ0) is 16.8. The number of phenols is 2. The van der Waals surface area contributed by atoms with Gasteiger partial charge in [0.25, 0.3) is 0 Å². The predicted octanol–water partition coefficient (Wildman–Crippen LogP) is 2.66. The lowest BCUT2D eigenvalue weighted by molar-refractivity contribution is 0.0527. The van der Waals surface area contributed by atoms with Crippen molar-refractivity contribution in [2.45, 2.75) is 45.8 Å². The second kappa shape index (κ2) is 7.89. The molecule has 1 aromatic rings. The Morgan fingerprint density at radius 1 is 1.27 bits per heavy atom. The molecule has 0 bridgehead atoms. The van der Waals surface area contributed by atoms with Crippen LogP contribution in [-0.4, -0.2) is 35.0 Å². The number of benzene rings is 1. The van der Waals surface area contributed by atoms with Crippen molar-refractivity contribution in [3.63, 3.8) is 0 Å². The Morgan fingerprint density at radius 3 is 2.59 bits per heavy atom. The molecule has 0 aliphatic rings. The maximum atomic E-state index is 11.4. The monoisotopic (exact) mass is 310 g/mol. The van der Waals surface area contributed by atoms with Gasteiger partial charge in [-0.2, -0.15) is 0 Å². The van der Waals surface area contributed by atoms with Crippen molar-refractivity contribution < 1.29 is 19.7 Å². The lowest BCUT2D eigenvalue weighted by atomic mass is 10.1. The normalized spacial score (nSPS) is 12.7. The van der Waals surface area contributed by atoms with Crippen LogP contribution in [-0.2, 0) is 4.74 Å². The van der Waals surface area contributed by atoms with Crippen LogP contribution in [0.1, 0.15) is 45.7 Å². The highest BCUT2D eigenvalue weighted by atomic mass is 16.6. The Kier molecular flexibility index (Phi) is 6.49. The second-order valence-corrected chi connectivity index (χ2v) is 6.20. The number of alkyl carbamates (subject to hydrolysis) is 1. The van der Waals surface area contributed by atoms with E-state index in [1.807, 2.05) is 27.7 Å². The maximum absolute atomic E-state index is 11.4. The average molecular weight is 310 g/mol. The highest BCUT2D eigenvalue weighted by molar-refractivity contribution is 5.67. The van der Waals surface area contributed by atoms with E-state index in [1.54, 1.807) is 0 Å². The number of carbonyl (C=O) groups excluding carboxylic acids is 1. The lowest BCUT2D eigenvalue weighted by Gasteiger charge is -2.20. The fourth-order valence-corrected chi connectivity index (χ4v) is 1.91. The molecule has 124 valence electrons.